The van der Waals surface area contributed by atoms with Crippen LogP contribution in [0.25, 0.3) is 0 Å². The van der Waals surface area contributed by atoms with E-state index >= 15 is 0 Å². The number of unbranched alkanes of at least 4 members (excludes halogenated alkanes) is 39. The third kappa shape index (κ3) is 47.3. The number of hydrogen-bond donors (Lipinski definition) is 1. The van der Waals surface area contributed by atoms with E-state index < -0.39 is 0 Å². The zero-order valence-corrected chi connectivity index (χ0v) is 48.9. The lowest BCUT2D eigenvalue weighted by molar-refractivity contribution is 0.112. The number of hydrogen-bond acceptors (Lipinski definition) is 5. The lowest BCUT2D eigenvalue weighted by Crippen LogP contribution is -2.50. The standard InChI is InChI=1S/C64H133N5/c1-6-11-16-21-26-29-32-35-40-45-51-65-64(63-69(54-48-43-38-33-30-27-22-17-12-7-2)55-49-44-39-34-31-28-23-18-13-8-3)50-56-67-58-61-68(62-59-67)60-57-66(52-46-41-36-24-19-14-9-4)53-47-42-37-25-20-15-10-5/h64-65H,6-63H2,1-5H3. The Morgan fingerprint density at radius 3 is 0.870 bits per heavy atom. The van der Waals surface area contributed by atoms with Gasteiger partial charge in [0, 0.05) is 51.9 Å². The molecule has 1 fully saturated rings. The van der Waals surface area contributed by atoms with Gasteiger partial charge >= 0.3 is 0 Å². The van der Waals surface area contributed by atoms with Crippen molar-refractivity contribution in [2.75, 3.05) is 85.1 Å². The van der Waals surface area contributed by atoms with Gasteiger partial charge in [-0.1, -0.05) is 285 Å². The summed E-state index contributed by atoms with van der Waals surface area (Å²) < 4.78 is 0. The van der Waals surface area contributed by atoms with E-state index in [-0.39, 0.29) is 0 Å². The van der Waals surface area contributed by atoms with Crippen LogP contribution in [0.15, 0.2) is 0 Å². The number of piperazine rings is 1. The lowest BCUT2D eigenvalue weighted by Gasteiger charge is -2.37. The molecule has 0 saturated carbocycles. The van der Waals surface area contributed by atoms with Gasteiger partial charge in [-0.25, -0.2) is 0 Å². The molecule has 1 atom stereocenters. The molecule has 1 aliphatic rings. The molecule has 5 heteroatoms. The maximum absolute atomic E-state index is 4.22. The molecule has 0 aromatic rings. The first kappa shape index (κ1) is 66.8. The highest BCUT2D eigenvalue weighted by molar-refractivity contribution is 4.79. The largest absolute Gasteiger partial charge is 0.313 e. The molecule has 0 aliphatic carbocycles. The topological polar surface area (TPSA) is 25.0 Å². The molecule has 0 aromatic heterocycles. The lowest BCUT2D eigenvalue weighted by atomic mass is 10.1. The molecule has 1 saturated heterocycles. The van der Waals surface area contributed by atoms with Crippen molar-refractivity contribution in [2.45, 2.75) is 330 Å². The minimum Gasteiger partial charge on any atom is -0.313 e. The summed E-state index contributed by atoms with van der Waals surface area (Å²) in [4.78, 5) is 11.5. The SMILES string of the molecule is CCCCCCCCCCCCNC(CCN1CCN(CCN(CCCCCCCCC)CCCCCCCCC)CC1)CN(CCCCCCCCCCCC)CCCCCCCCCCCC. The predicted molar refractivity (Wildman–Crippen MR) is 314 cm³/mol. The molecule has 1 rings (SSSR count). The quantitative estimate of drug-likeness (QED) is 0.0613. The van der Waals surface area contributed by atoms with E-state index in [9.17, 15) is 0 Å². The van der Waals surface area contributed by atoms with E-state index in [0.29, 0.717) is 6.04 Å². The van der Waals surface area contributed by atoms with E-state index in [2.05, 4.69) is 59.5 Å². The summed E-state index contributed by atoms with van der Waals surface area (Å²) in [6.45, 7) is 28.3. The Labute approximate surface area is 437 Å². The minimum absolute atomic E-state index is 0.625. The Kier molecular flexibility index (Phi) is 53.8. The van der Waals surface area contributed by atoms with Gasteiger partial charge in [-0.3, -0.25) is 4.90 Å². The minimum atomic E-state index is 0.625. The number of rotatable bonds is 58. The second-order valence-corrected chi connectivity index (χ2v) is 23.1. The van der Waals surface area contributed by atoms with Crippen molar-refractivity contribution >= 4 is 0 Å². The van der Waals surface area contributed by atoms with Crippen LogP contribution in [-0.2, 0) is 0 Å². The normalized spacial score (nSPS) is 14.3. The number of nitrogens with one attached hydrogen (secondary N) is 1. The first-order valence-corrected chi connectivity index (χ1v) is 32.8. The Morgan fingerprint density at radius 2 is 0.551 bits per heavy atom. The van der Waals surface area contributed by atoms with E-state index in [1.165, 1.54) is 374 Å². The second-order valence-electron chi connectivity index (χ2n) is 23.1. The summed E-state index contributed by atoms with van der Waals surface area (Å²) in [7, 11) is 0. The van der Waals surface area contributed by atoms with Crippen molar-refractivity contribution < 1.29 is 0 Å². The molecule has 0 spiro atoms. The summed E-state index contributed by atoms with van der Waals surface area (Å²) in [6, 6.07) is 0.625. The third-order valence-electron chi connectivity index (χ3n) is 16.2. The molecule has 1 N–H and O–H groups in total. The highest BCUT2D eigenvalue weighted by Gasteiger charge is 2.20. The molecule has 0 aromatic carbocycles. The average molecular weight is 973 g/mol. The molecular weight excluding hydrogens is 839 g/mol. The van der Waals surface area contributed by atoms with Gasteiger partial charge in [0.1, 0.15) is 0 Å². The van der Waals surface area contributed by atoms with Crippen LogP contribution in [0.3, 0.4) is 0 Å². The van der Waals surface area contributed by atoms with E-state index in [0.717, 1.165) is 0 Å². The van der Waals surface area contributed by atoms with E-state index in [1.54, 1.807) is 0 Å². The van der Waals surface area contributed by atoms with Gasteiger partial charge in [0.2, 0.25) is 0 Å². The third-order valence-corrected chi connectivity index (χ3v) is 16.2. The summed E-state index contributed by atoms with van der Waals surface area (Å²) in [5.41, 5.74) is 0. The number of nitrogens with zero attached hydrogens (tertiary/aromatic N) is 4. The van der Waals surface area contributed by atoms with Gasteiger partial charge in [0.15, 0.2) is 0 Å². The van der Waals surface area contributed by atoms with Crippen LogP contribution in [-0.4, -0.2) is 111 Å². The average Bonchev–Trinajstić information content (AvgIpc) is 3.36. The van der Waals surface area contributed by atoms with Crippen molar-refractivity contribution in [1.29, 1.82) is 0 Å². The summed E-state index contributed by atoms with van der Waals surface area (Å²) in [5, 5.41) is 4.22. The maximum atomic E-state index is 4.22. The monoisotopic (exact) mass is 972 g/mol. The van der Waals surface area contributed by atoms with Crippen molar-refractivity contribution in [3.05, 3.63) is 0 Å². The van der Waals surface area contributed by atoms with Crippen LogP contribution in [0.2, 0.25) is 0 Å². The van der Waals surface area contributed by atoms with Crippen LogP contribution in [0, 0.1) is 0 Å². The van der Waals surface area contributed by atoms with E-state index in [4.69, 9.17) is 0 Å². The Bertz CT molecular complexity index is 895. The van der Waals surface area contributed by atoms with Gasteiger partial charge in [0.05, 0.1) is 0 Å². The molecule has 1 heterocycles. The molecule has 69 heavy (non-hydrogen) atoms. The molecule has 0 radical (unpaired) electrons. The first-order valence-electron chi connectivity index (χ1n) is 32.8. The van der Waals surface area contributed by atoms with E-state index in [1.807, 2.05) is 0 Å². The van der Waals surface area contributed by atoms with Crippen molar-refractivity contribution in [3.8, 4) is 0 Å². The highest BCUT2D eigenvalue weighted by Crippen LogP contribution is 2.17. The molecule has 414 valence electrons. The van der Waals surface area contributed by atoms with Crippen LogP contribution in [0.4, 0.5) is 0 Å². The Morgan fingerprint density at radius 1 is 0.290 bits per heavy atom. The molecule has 0 amide bonds. The van der Waals surface area contributed by atoms with Gasteiger partial charge in [-0.2, -0.15) is 0 Å². The van der Waals surface area contributed by atoms with Crippen molar-refractivity contribution in [3.63, 3.8) is 0 Å². The molecule has 1 unspecified atom stereocenters. The van der Waals surface area contributed by atoms with Gasteiger partial charge in [-0.05, 0) is 77.8 Å². The van der Waals surface area contributed by atoms with Gasteiger partial charge in [-0.15, -0.1) is 0 Å². The zero-order valence-electron chi connectivity index (χ0n) is 48.9. The fourth-order valence-corrected chi connectivity index (χ4v) is 11.2. The van der Waals surface area contributed by atoms with Crippen molar-refractivity contribution in [1.82, 2.24) is 24.9 Å². The first-order chi connectivity index (χ1) is 34.2. The van der Waals surface area contributed by atoms with Crippen LogP contribution < -0.4 is 5.32 Å². The summed E-state index contributed by atoms with van der Waals surface area (Å²) in [6.07, 6.45) is 64.2. The van der Waals surface area contributed by atoms with Crippen molar-refractivity contribution in [2.24, 2.45) is 0 Å². The fourth-order valence-electron chi connectivity index (χ4n) is 11.2. The van der Waals surface area contributed by atoms with Gasteiger partial charge in [0.25, 0.3) is 0 Å². The summed E-state index contributed by atoms with van der Waals surface area (Å²) >= 11 is 0. The zero-order chi connectivity index (χ0) is 49.6. The molecule has 5 nitrogen and oxygen atoms in total. The van der Waals surface area contributed by atoms with Crippen LogP contribution in [0.1, 0.15) is 324 Å². The van der Waals surface area contributed by atoms with Gasteiger partial charge < -0.3 is 20.0 Å². The molecule has 1 aliphatic heterocycles. The Balaban J connectivity index is 2.74. The van der Waals surface area contributed by atoms with Crippen LogP contribution in [0.5, 0.6) is 0 Å². The summed E-state index contributed by atoms with van der Waals surface area (Å²) in [5.74, 6) is 0. The molecule has 0 bridgehead atoms. The smallest absolute Gasteiger partial charge is 0.0207 e. The fraction of sp³-hybridized carbons (Fsp3) is 1.00. The predicted octanol–water partition coefficient (Wildman–Crippen LogP) is 18.8. The second kappa shape index (κ2) is 55.5. The highest BCUT2D eigenvalue weighted by atomic mass is 15.3. The Hall–Kier alpha value is -0.200. The van der Waals surface area contributed by atoms with Crippen LogP contribution >= 0.6 is 0 Å². The molecular formula is C64H133N5. The maximum Gasteiger partial charge on any atom is 0.0207 e.